The molecule has 1 aromatic heterocycles. The van der Waals surface area contributed by atoms with E-state index in [1.54, 1.807) is 6.92 Å². The van der Waals surface area contributed by atoms with Crippen LogP contribution in [0, 0.1) is 11.8 Å². The lowest BCUT2D eigenvalue weighted by Crippen LogP contribution is -2.37. The number of aromatic nitrogens is 1. The van der Waals surface area contributed by atoms with E-state index in [1.165, 1.54) is 0 Å². The van der Waals surface area contributed by atoms with Crippen molar-refractivity contribution >= 4 is 29.2 Å². The maximum atomic E-state index is 12.7. The van der Waals surface area contributed by atoms with Gasteiger partial charge in [0, 0.05) is 19.1 Å². The number of anilines is 1. The largest absolute Gasteiger partial charge is 0.419 e. The Morgan fingerprint density at radius 1 is 1.27 bits per heavy atom. The maximum Gasteiger partial charge on any atom is 0.419 e. The number of carbonyl (C=O) groups excluding carboxylic acids is 2. The molecule has 1 aromatic rings. The number of halogens is 4. The van der Waals surface area contributed by atoms with Crippen LogP contribution >= 0.6 is 11.6 Å². The van der Waals surface area contributed by atoms with Gasteiger partial charge in [-0.1, -0.05) is 25.4 Å². The minimum atomic E-state index is -4.64. The third-order valence-electron chi connectivity index (χ3n) is 4.05. The summed E-state index contributed by atoms with van der Waals surface area (Å²) in [5.74, 6) is -2.20. The van der Waals surface area contributed by atoms with Crippen LogP contribution in [0.3, 0.4) is 0 Å². The maximum absolute atomic E-state index is 12.7. The highest BCUT2D eigenvalue weighted by molar-refractivity contribution is 6.30. The van der Waals surface area contributed by atoms with Crippen LogP contribution in [0.25, 0.3) is 0 Å². The number of rotatable bonds is 7. The summed E-state index contributed by atoms with van der Waals surface area (Å²) in [5, 5.41) is 0.0142. The molecular formula is C16H19ClF3N3O3. The van der Waals surface area contributed by atoms with E-state index in [0.717, 1.165) is 23.6 Å². The van der Waals surface area contributed by atoms with Crippen molar-refractivity contribution < 1.29 is 27.5 Å². The summed E-state index contributed by atoms with van der Waals surface area (Å²) in [4.78, 5) is 28.3. The van der Waals surface area contributed by atoms with Crippen LogP contribution in [0.1, 0.15) is 32.3 Å². The van der Waals surface area contributed by atoms with Crippen molar-refractivity contribution in [1.29, 1.82) is 0 Å². The average molecular weight is 394 g/mol. The molecule has 0 radical (unpaired) electrons. The number of alkyl halides is 3. The van der Waals surface area contributed by atoms with Crippen molar-refractivity contribution in [2.45, 2.75) is 32.9 Å². The van der Waals surface area contributed by atoms with Gasteiger partial charge in [0.05, 0.1) is 11.5 Å². The number of pyridine rings is 1. The molecule has 6 nitrogen and oxygen atoms in total. The fraction of sp³-hybridized carbons (Fsp3) is 0.562. The van der Waals surface area contributed by atoms with Crippen LogP contribution in [0.5, 0.6) is 0 Å². The molecule has 2 unspecified atom stereocenters. The number of nitrogens with zero attached hydrogens (tertiary/aromatic N) is 2. The van der Waals surface area contributed by atoms with Gasteiger partial charge in [-0.2, -0.15) is 18.2 Å². The van der Waals surface area contributed by atoms with E-state index < -0.39 is 40.5 Å². The lowest BCUT2D eigenvalue weighted by molar-refractivity contribution is -0.139. The van der Waals surface area contributed by atoms with Gasteiger partial charge >= 0.3 is 6.18 Å². The zero-order chi connectivity index (χ0) is 19.5. The Labute approximate surface area is 153 Å². The molecule has 2 amide bonds. The molecule has 26 heavy (non-hydrogen) atoms. The van der Waals surface area contributed by atoms with Gasteiger partial charge in [-0.3, -0.25) is 15.0 Å². The van der Waals surface area contributed by atoms with Gasteiger partial charge in [-0.25, -0.2) is 4.98 Å². The Balaban J connectivity index is 2.08. The molecule has 1 saturated heterocycles. The van der Waals surface area contributed by atoms with Gasteiger partial charge < -0.3 is 4.74 Å². The number of carbonyl (C=O) groups is 2. The van der Waals surface area contributed by atoms with Gasteiger partial charge in [0.2, 0.25) is 0 Å². The summed E-state index contributed by atoms with van der Waals surface area (Å²) in [6, 6.07) is 1.75. The summed E-state index contributed by atoms with van der Waals surface area (Å²) < 4.78 is 43.5. The van der Waals surface area contributed by atoms with Crippen molar-refractivity contribution in [1.82, 2.24) is 9.99 Å². The first-order chi connectivity index (χ1) is 12.2. The molecule has 0 aliphatic carbocycles. The number of hydrogen-bond donors (Lipinski definition) is 1. The number of amides is 2. The number of hydrogen-bond acceptors (Lipinski definition) is 5. The Hall–Kier alpha value is -1.87. The molecule has 10 heteroatoms. The molecule has 1 aliphatic rings. The fourth-order valence-electron chi connectivity index (χ4n) is 2.63. The highest BCUT2D eigenvalue weighted by Crippen LogP contribution is 2.35. The van der Waals surface area contributed by atoms with Crippen LogP contribution in [0.2, 0.25) is 5.15 Å². The molecule has 1 fully saturated rings. The number of hydrazine groups is 1. The molecule has 144 valence electrons. The number of imide groups is 1. The zero-order valence-electron chi connectivity index (χ0n) is 14.3. The Kier molecular flexibility index (Phi) is 6.46. The second kappa shape index (κ2) is 8.22. The van der Waals surface area contributed by atoms with E-state index in [0.29, 0.717) is 19.6 Å². The quantitative estimate of drug-likeness (QED) is 0.436. The molecule has 1 N–H and O–H groups in total. The highest BCUT2D eigenvalue weighted by Gasteiger charge is 2.45. The topological polar surface area (TPSA) is 71.5 Å². The van der Waals surface area contributed by atoms with Crippen molar-refractivity contribution in [2.75, 3.05) is 18.6 Å². The third kappa shape index (κ3) is 4.45. The molecular weight excluding hydrogens is 375 g/mol. The minimum Gasteiger partial charge on any atom is -0.381 e. The summed E-state index contributed by atoms with van der Waals surface area (Å²) in [6.45, 7) is 4.50. The smallest absolute Gasteiger partial charge is 0.381 e. The summed E-state index contributed by atoms with van der Waals surface area (Å²) in [6.07, 6.45) is -3.41. The summed E-state index contributed by atoms with van der Waals surface area (Å²) in [7, 11) is 0. The standard InChI is InChI=1S/C16H19ClF3N3O3/c1-3-7-26-8-6-10-9(2)14(24)23(15(10)25)22-12-5-4-11(13(17)21-12)16(18,19)20/h4-5,9-10H,3,6-8H2,1-2H3,(H,21,22). The molecule has 2 rings (SSSR count). The Bertz CT molecular complexity index is 684. The number of nitrogens with one attached hydrogen (secondary N) is 1. The minimum absolute atomic E-state index is 0.125. The van der Waals surface area contributed by atoms with E-state index in [1.807, 2.05) is 6.92 Å². The van der Waals surface area contributed by atoms with Gasteiger partial charge in [0.15, 0.2) is 0 Å². The number of ether oxygens (including phenoxy) is 1. The molecule has 0 saturated carbocycles. The first-order valence-corrected chi connectivity index (χ1v) is 8.50. The Morgan fingerprint density at radius 3 is 2.54 bits per heavy atom. The third-order valence-corrected chi connectivity index (χ3v) is 4.34. The lowest BCUT2D eigenvalue weighted by atomic mass is 9.94. The van der Waals surface area contributed by atoms with E-state index in [9.17, 15) is 22.8 Å². The van der Waals surface area contributed by atoms with E-state index in [-0.39, 0.29) is 5.82 Å². The highest BCUT2D eigenvalue weighted by atomic mass is 35.5. The van der Waals surface area contributed by atoms with Crippen molar-refractivity contribution in [3.8, 4) is 0 Å². The van der Waals surface area contributed by atoms with Crippen LogP contribution in [-0.2, 0) is 20.5 Å². The molecule has 0 bridgehead atoms. The Morgan fingerprint density at radius 2 is 1.96 bits per heavy atom. The molecule has 1 aliphatic heterocycles. The van der Waals surface area contributed by atoms with Gasteiger partial charge in [-0.15, -0.1) is 0 Å². The summed E-state index contributed by atoms with van der Waals surface area (Å²) >= 11 is 5.55. The van der Waals surface area contributed by atoms with Crippen molar-refractivity contribution in [3.05, 3.63) is 22.8 Å². The monoisotopic (exact) mass is 393 g/mol. The van der Waals surface area contributed by atoms with Crippen molar-refractivity contribution in [2.24, 2.45) is 11.8 Å². The normalized spacial score (nSPS) is 20.8. The van der Waals surface area contributed by atoms with E-state index in [2.05, 4.69) is 10.4 Å². The molecule has 0 spiro atoms. The van der Waals surface area contributed by atoms with Crippen LogP contribution < -0.4 is 5.43 Å². The average Bonchev–Trinajstić information content (AvgIpc) is 2.75. The molecule has 2 atom stereocenters. The lowest BCUT2D eigenvalue weighted by Gasteiger charge is -2.17. The summed E-state index contributed by atoms with van der Waals surface area (Å²) in [5.41, 5.74) is 1.36. The van der Waals surface area contributed by atoms with Gasteiger partial charge in [0.1, 0.15) is 11.0 Å². The van der Waals surface area contributed by atoms with Gasteiger partial charge in [-0.05, 0) is 25.0 Å². The first kappa shape index (κ1) is 20.4. The molecule has 0 aromatic carbocycles. The van der Waals surface area contributed by atoms with Crippen LogP contribution in [0.4, 0.5) is 19.0 Å². The van der Waals surface area contributed by atoms with Crippen LogP contribution in [0.15, 0.2) is 12.1 Å². The van der Waals surface area contributed by atoms with E-state index in [4.69, 9.17) is 16.3 Å². The molecule has 2 heterocycles. The SMILES string of the molecule is CCCOCCC1C(=O)N(Nc2ccc(C(F)(F)F)c(Cl)n2)C(=O)C1C. The van der Waals surface area contributed by atoms with Gasteiger partial charge in [0.25, 0.3) is 11.8 Å². The predicted octanol–water partition coefficient (Wildman–Crippen LogP) is 3.52. The van der Waals surface area contributed by atoms with E-state index >= 15 is 0 Å². The second-order valence-corrected chi connectivity index (χ2v) is 6.31. The predicted molar refractivity (Wildman–Crippen MR) is 88.1 cm³/mol. The second-order valence-electron chi connectivity index (χ2n) is 5.95. The fourth-order valence-corrected chi connectivity index (χ4v) is 2.89. The van der Waals surface area contributed by atoms with Crippen molar-refractivity contribution in [3.63, 3.8) is 0 Å². The zero-order valence-corrected chi connectivity index (χ0v) is 15.0. The first-order valence-electron chi connectivity index (χ1n) is 8.12. The van der Waals surface area contributed by atoms with Crippen LogP contribution in [-0.4, -0.2) is 35.0 Å².